The first-order valence-electron chi connectivity index (χ1n) is 8.90. The molecule has 0 unspecified atom stereocenters. The van der Waals surface area contributed by atoms with Crippen molar-refractivity contribution in [3.8, 4) is 11.1 Å². The van der Waals surface area contributed by atoms with Gasteiger partial charge in [0.05, 0.1) is 11.8 Å². The van der Waals surface area contributed by atoms with E-state index < -0.39 is 21.8 Å². The number of benzene rings is 1. The van der Waals surface area contributed by atoms with Crippen LogP contribution in [0.1, 0.15) is 23.6 Å². The summed E-state index contributed by atoms with van der Waals surface area (Å²) in [6, 6.07) is 8.03. The van der Waals surface area contributed by atoms with Crippen LogP contribution in [-0.2, 0) is 22.7 Å². The predicted octanol–water partition coefficient (Wildman–Crippen LogP) is 2.91. The molecule has 0 saturated carbocycles. The standard InChI is InChI=1S/C19H19F3N2O3S/c1-28(26,27)23-9-12-7-14(11-23)17-6-5-16(18(25)24(17)10-12)13-3-2-4-15(8-13)19(20,21)22/h2-6,8,12,14H,7,9-11H2,1H3/t12-,14-/m1/s1. The number of pyridine rings is 1. The maximum atomic E-state index is 13.0. The third-order valence-corrected chi connectivity index (χ3v) is 6.78. The SMILES string of the molecule is CS(=O)(=O)N1C[C@H]2C[C@H](C1)c1ccc(-c3cccc(C(F)(F)F)c3)c(=O)n1C2. The quantitative estimate of drug-likeness (QED) is 0.762. The Hall–Kier alpha value is -2.13. The largest absolute Gasteiger partial charge is 0.416 e. The summed E-state index contributed by atoms with van der Waals surface area (Å²) in [5.41, 5.74) is 0.0517. The Kier molecular flexibility index (Phi) is 4.42. The summed E-state index contributed by atoms with van der Waals surface area (Å²) in [4.78, 5) is 13.0. The highest BCUT2D eigenvalue weighted by Crippen LogP contribution is 2.37. The van der Waals surface area contributed by atoms with Gasteiger partial charge in [0.15, 0.2) is 0 Å². The molecule has 2 atom stereocenters. The van der Waals surface area contributed by atoms with E-state index in [9.17, 15) is 26.4 Å². The molecule has 1 aromatic heterocycles. The van der Waals surface area contributed by atoms with Gasteiger partial charge in [-0.3, -0.25) is 4.79 Å². The molecular formula is C19H19F3N2O3S. The molecule has 1 saturated heterocycles. The lowest BCUT2D eigenvalue weighted by Crippen LogP contribution is -2.48. The Morgan fingerprint density at radius 2 is 1.82 bits per heavy atom. The third kappa shape index (κ3) is 3.37. The van der Waals surface area contributed by atoms with Crippen molar-refractivity contribution in [2.45, 2.75) is 25.1 Å². The number of alkyl halides is 3. The van der Waals surface area contributed by atoms with Gasteiger partial charge in [-0.05, 0) is 42.2 Å². The molecule has 0 N–H and O–H groups in total. The normalized spacial score (nSPS) is 22.7. The van der Waals surface area contributed by atoms with E-state index in [0.717, 1.165) is 24.2 Å². The fourth-order valence-electron chi connectivity index (χ4n) is 4.26. The summed E-state index contributed by atoms with van der Waals surface area (Å²) in [6.07, 6.45) is -2.50. The van der Waals surface area contributed by atoms with Crippen LogP contribution in [0.15, 0.2) is 41.2 Å². The molecule has 0 radical (unpaired) electrons. The van der Waals surface area contributed by atoms with Gasteiger partial charge < -0.3 is 4.57 Å². The van der Waals surface area contributed by atoms with Gasteiger partial charge in [0.1, 0.15) is 0 Å². The van der Waals surface area contributed by atoms with E-state index >= 15 is 0 Å². The van der Waals surface area contributed by atoms with Crippen LogP contribution in [0.25, 0.3) is 11.1 Å². The molecule has 2 aromatic rings. The second-order valence-electron chi connectivity index (χ2n) is 7.54. The molecular weight excluding hydrogens is 393 g/mol. The Labute approximate surface area is 160 Å². The number of hydrogen-bond acceptors (Lipinski definition) is 3. The van der Waals surface area contributed by atoms with E-state index in [1.165, 1.54) is 22.7 Å². The number of halogens is 3. The average molecular weight is 412 g/mol. The minimum atomic E-state index is -4.48. The topological polar surface area (TPSA) is 59.4 Å². The van der Waals surface area contributed by atoms with Crippen LogP contribution >= 0.6 is 0 Å². The first-order valence-corrected chi connectivity index (χ1v) is 10.8. The Morgan fingerprint density at radius 1 is 1.07 bits per heavy atom. The molecule has 2 bridgehead atoms. The van der Waals surface area contributed by atoms with Crippen LogP contribution < -0.4 is 5.56 Å². The molecule has 4 rings (SSSR count). The van der Waals surface area contributed by atoms with Crippen molar-refractivity contribution in [2.24, 2.45) is 5.92 Å². The number of fused-ring (bicyclic) bond motifs is 4. The van der Waals surface area contributed by atoms with Crippen molar-refractivity contribution >= 4 is 10.0 Å². The number of aromatic nitrogens is 1. The molecule has 3 heterocycles. The summed E-state index contributed by atoms with van der Waals surface area (Å²) in [5, 5.41) is 0. The molecule has 0 aliphatic carbocycles. The molecule has 0 amide bonds. The van der Waals surface area contributed by atoms with Gasteiger partial charge in [-0.15, -0.1) is 0 Å². The second-order valence-corrected chi connectivity index (χ2v) is 9.53. The van der Waals surface area contributed by atoms with Gasteiger partial charge in [0.2, 0.25) is 10.0 Å². The van der Waals surface area contributed by atoms with Gasteiger partial charge in [-0.2, -0.15) is 13.2 Å². The van der Waals surface area contributed by atoms with Crippen LogP contribution in [0.5, 0.6) is 0 Å². The number of nitrogens with zero attached hydrogens (tertiary/aromatic N) is 2. The molecule has 1 aromatic carbocycles. The molecule has 5 nitrogen and oxygen atoms in total. The lowest BCUT2D eigenvalue weighted by Gasteiger charge is -2.41. The predicted molar refractivity (Wildman–Crippen MR) is 98.4 cm³/mol. The fraction of sp³-hybridized carbons (Fsp3) is 0.421. The maximum absolute atomic E-state index is 13.0. The summed E-state index contributed by atoms with van der Waals surface area (Å²) >= 11 is 0. The molecule has 28 heavy (non-hydrogen) atoms. The average Bonchev–Trinajstić information content (AvgIpc) is 2.61. The summed E-state index contributed by atoms with van der Waals surface area (Å²) in [6.45, 7) is 1.04. The Bertz CT molecular complexity index is 1090. The molecule has 1 fully saturated rings. The van der Waals surface area contributed by atoms with Gasteiger partial charge >= 0.3 is 6.18 Å². The number of piperidine rings is 1. The zero-order chi connectivity index (χ0) is 20.3. The minimum absolute atomic E-state index is 0.00966. The van der Waals surface area contributed by atoms with Crippen molar-refractivity contribution in [1.82, 2.24) is 8.87 Å². The Balaban J connectivity index is 1.75. The zero-order valence-corrected chi connectivity index (χ0v) is 15.9. The molecule has 2 aliphatic heterocycles. The third-order valence-electron chi connectivity index (χ3n) is 5.54. The first kappa shape index (κ1) is 19.2. The van der Waals surface area contributed by atoms with E-state index in [1.807, 2.05) is 0 Å². The van der Waals surface area contributed by atoms with Crippen LogP contribution in [0.2, 0.25) is 0 Å². The van der Waals surface area contributed by atoms with Crippen LogP contribution in [0, 0.1) is 5.92 Å². The van der Waals surface area contributed by atoms with Crippen molar-refractivity contribution in [3.63, 3.8) is 0 Å². The maximum Gasteiger partial charge on any atom is 0.416 e. The fourth-order valence-corrected chi connectivity index (χ4v) is 5.19. The zero-order valence-electron chi connectivity index (χ0n) is 15.1. The molecule has 0 spiro atoms. The van der Waals surface area contributed by atoms with Crippen LogP contribution in [0.4, 0.5) is 13.2 Å². The van der Waals surface area contributed by atoms with Crippen LogP contribution in [-0.4, -0.2) is 36.6 Å². The number of rotatable bonds is 2. The van der Waals surface area contributed by atoms with Gasteiger partial charge in [-0.1, -0.05) is 12.1 Å². The van der Waals surface area contributed by atoms with E-state index in [-0.39, 0.29) is 28.5 Å². The molecule has 150 valence electrons. The first-order chi connectivity index (χ1) is 13.0. The van der Waals surface area contributed by atoms with E-state index in [2.05, 4.69) is 0 Å². The van der Waals surface area contributed by atoms with E-state index in [0.29, 0.717) is 19.6 Å². The van der Waals surface area contributed by atoms with Gasteiger partial charge in [0, 0.05) is 36.8 Å². The number of hydrogen-bond donors (Lipinski definition) is 0. The lowest BCUT2D eigenvalue weighted by atomic mass is 9.84. The van der Waals surface area contributed by atoms with Gasteiger partial charge in [-0.25, -0.2) is 12.7 Å². The lowest BCUT2D eigenvalue weighted by molar-refractivity contribution is -0.137. The monoisotopic (exact) mass is 412 g/mol. The highest BCUT2D eigenvalue weighted by atomic mass is 32.2. The van der Waals surface area contributed by atoms with Crippen molar-refractivity contribution in [2.75, 3.05) is 19.3 Å². The summed E-state index contributed by atoms with van der Waals surface area (Å²) < 4.78 is 65.9. The molecule has 2 aliphatic rings. The second kappa shape index (κ2) is 6.45. The van der Waals surface area contributed by atoms with E-state index in [1.54, 1.807) is 16.7 Å². The molecule has 9 heteroatoms. The minimum Gasteiger partial charge on any atom is -0.311 e. The van der Waals surface area contributed by atoms with Crippen molar-refractivity contribution in [1.29, 1.82) is 0 Å². The van der Waals surface area contributed by atoms with Gasteiger partial charge in [0.25, 0.3) is 5.56 Å². The highest BCUT2D eigenvalue weighted by Gasteiger charge is 2.38. The Morgan fingerprint density at radius 3 is 2.50 bits per heavy atom. The number of sulfonamides is 1. The smallest absolute Gasteiger partial charge is 0.311 e. The van der Waals surface area contributed by atoms with Crippen molar-refractivity contribution in [3.05, 3.63) is 58.0 Å². The van der Waals surface area contributed by atoms with E-state index in [4.69, 9.17) is 0 Å². The van der Waals surface area contributed by atoms with Crippen molar-refractivity contribution < 1.29 is 21.6 Å². The summed E-state index contributed by atoms with van der Waals surface area (Å²) in [5.74, 6) is -0.0825. The highest BCUT2D eigenvalue weighted by molar-refractivity contribution is 7.88. The summed E-state index contributed by atoms with van der Waals surface area (Å²) in [7, 11) is -3.31. The van der Waals surface area contributed by atoms with Crippen LogP contribution in [0.3, 0.4) is 0 Å².